The Morgan fingerprint density at radius 3 is 2.41 bits per heavy atom. The van der Waals surface area contributed by atoms with Crippen LogP contribution in [0.3, 0.4) is 0 Å². The number of hydrogen-bond donors (Lipinski definition) is 1. The Hall–Kier alpha value is -3.28. The highest BCUT2D eigenvalue weighted by molar-refractivity contribution is 6.28. The first-order valence-electron chi connectivity index (χ1n) is 8.94. The first-order chi connectivity index (χ1) is 13.1. The summed E-state index contributed by atoms with van der Waals surface area (Å²) in [5.41, 5.74) is 2.53. The van der Waals surface area contributed by atoms with Gasteiger partial charge in [-0.05, 0) is 44.2 Å². The Morgan fingerprint density at radius 2 is 1.78 bits per heavy atom. The quantitative estimate of drug-likeness (QED) is 0.627. The van der Waals surface area contributed by atoms with Gasteiger partial charge in [0.1, 0.15) is 11.4 Å². The lowest BCUT2D eigenvalue weighted by Crippen LogP contribution is -2.30. The molecule has 1 heterocycles. The number of nitrogens with one attached hydrogen (secondary N) is 1. The van der Waals surface area contributed by atoms with E-state index in [1.54, 1.807) is 37.5 Å². The third-order valence-corrected chi connectivity index (χ3v) is 4.54. The molecule has 1 aliphatic heterocycles. The molecule has 1 aliphatic rings. The Bertz CT molecular complexity index is 873. The lowest BCUT2D eigenvalue weighted by atomic mass is 10.1. The van der Waals surface area contributed by atoms with Crippen LogP contribution in [0.15, 0.2) is 54.2 Å². The number of methoxy groups -OCH3 is 1. The standard InChI is InChI=1S/C21H23N3O3/c1-4-23(5-2)17-12-11-15(19(14-17)27-3)13-18-20(25)24(21(26)22-18)16-9-7-6-8-10-16/h6-14H,4-5H2,1-3H3,(H,22,26)/b18-13+. The number of benzene rings is 2. The zero-order valence-corrected chi connectivity index (χ0v) is 15.7. The fourth-order valence-corrected chi connectivity index (χ4v) is 3.11. The Balaban J connectivity index is 1.93. The Labute approximate surface area is 159 Å². The van der Waals surface area contributed by atoms with E-state index < -0.39 is 6.03 Å². The monoisotopic (exact) mass is 365 g/mol. The van der Waals surface area contributed by atoms with Gasteiger partial charge in [-0.2, -0.15) is 0 Å². The average Bonchev–Trinajstić information content (AvgIpc) is 2.97. The van der Waals surface area contributed by atoms with Gasteiger partial charge < -0.3 is 15.0 Å². The van der Waals surface area contributed by atoms with Crippen LogP contribution in [-0.4, -0.2) is 32.1 Å². The van der Waals surface area contributed by atoms with Crippen molar-refractivity contribution in [1.29, 1.82) is 0 Å². The van der Waals surface area contributed by atoms with Crippen LogP contribution in [0.25, 0.3) is 6.08 Å². The summed E-state index contributed by atoms with van der Waals surface area (Å²) in [6.07, 6.45) is 1.65. The number of hydrogen-bond acceptors (Lipinski definition) is 4. The number of anilines is 2. The van der Waals surface area contributed by atoms with Gasteiger partial charge in [0.25, 0.3) is 5.91 Å². The molecule has 0 unspecified atom stereocenters. The molecule has 2 aromatic rings. The molecule has 0 radical (unpaired) electrons. The second-order valence-corrected chi connectivity index (χ2v) is 6.06. The van der Waals surface area contributed by atoms with Crippen LogP contribution < -0.4 is 19.9 Å². The summed E-state index contributed by atoms with van der Waals surface area (Å²) in [5.74, 6) is 0.258. The molecule has 1 N–H and O–H groups in total. The van der Waals surface area contributed by atoms with Crippen molar-refractivity contribution < 1.29 is 14.3 Å². The lowest BCUT2D eigenvalue weighted by molar-refractivity contribution is -0.113. The molecule has 0 spiro atoms. The smallest absolute Gasteiger partial charge is 0.333 e. The number of urea groups is 1. The van der Waals surface area contributed by atoms with E-state index in [9.17, 15) is 9.59 Å². The maximum absolute atomic E-state index is 12.7. The van der Waals surface area contributed by atoms with Gasteiger partial charge in [0.2, 0.25) is 0 Å². The van der Waals surface area contributed by atoms with Gasteiger partial charge in [0.15, 0.2) is 0 Å². The fourth-order valence-electron chi connectivity index (χ4n) is 3.11. The van der Waals surface area contributed by atoms with Crippen LogP contribution in [0.4, 0.5) is 16.2 Å². The normalized spacial score (nSPS) is 15.2. The summed E-state index contributed by atoms with van der Waals surface area (Å²) < 4.78 is 5.50. The number of para-hydroxylation sites is 1. The van der Waals surface area contributed by atoms with Crippen molar-refractivity contribution in [3.8, 4) is 5.75 Å². The maximum Gasteiger partial charge on any atom is 0.333 e. The van der Waals surface area contributed by atoms with Crippen molar-refractivity contribution in [2.24, 2.45) is 0 Å². The van der Waals surface area contributed by atoms with Crippen molar-refractivity contribution in [2.45, 2.75) is 13.8 Å². The van der Waals surface area contributed by atoms with Crippen molar-refractivity contribution in [3.63, 3.8) is 0 Å². The van der Waals surface area contributed by atoms with Crippen LogP contribution >= 0.6 is 0 Å². The molecule has 6 nitrogen and oxygen atoms in total. The molecule has 3 rings (SSSR count). The van der Waals surface area contributed by atoms with E-state index >= 15 is 0 Å². The summed E-state index contributed by atoms with van der Waals surface area (Å²) in [6, 6.07) is 14.2. The minimum absolute atomic E-state index is 0.220. The summed E-state index contributed by atoms with van der Waals surface area (Å²) >= 11 is 0. The van der Waals surface area contributed by atoms with Crippen LogP contribution in [0.1, 0.15) is 19.4 Å². The van der Waals surface area contributed by atoms with Gasteiger partial charge in [0.05, 0.1) is 12.8 Å². The SMILES string of the molecule is CCN(CC)c1ccc(/C=C2/NC(=O)N(c3ccccc3)C2=O)c(OC)c1. The van der Waals surface area contributed by atoms with E-state index in [0.717, 1.165) is 29.2 Å². The topological polar surface area (TPSA) is 61.9 Å². The highest BCUT2D eigenvalue weighted by Crippen LogP contribution is 2.29. The number of amides is 3. The molecule has 6 heteroatoms. The number of carbonyl (C=O) groups excluding carboxylic acids is 2. The van der Waals surface area contributed by atoms with Crippen molar-refractivity contribution in [2.75, 3.05) is 30.0 Å². The van der Waals surface area contributed by atoms with E-state index in [4.69, 9.17) is 4.74 Å². The largest absolute Gasteiger partial charge is 0.496 e. The van der Waals surface area contributed by atoms with Crippen molar-refractivity contribution in [3.05, 3.63) is 59.8 Å². The van der Waals surface area contributed by atoms with Gasteiger partial charge in [-0.1, -0.05) is 18.2 Å². The zero-order valence-electron chi connectivity index (χ0n) is 15.7. The summed E-state index contributed by atoms with van der Waals surface area (Å²) in [5, 5.41) is 2.64. The molecule has 0 saturated carbocycles. The number of ether oxygens (including phenoxy) is 1. The molecule has 140 valence electrons. The van der Waals surface area contributed by atoms with E-state index in [2.05, 4.69) is 24.1 Å². The number of imide groups is 1. The van der Waals surface area contributed by atoms with Gasteiger partial charge in [-0.3, -0.25) is 4.79 Å². The Kier molecular flexibility index (Phi) is 5.45. The van der Waals surface area contributed by atoms with E-state index in [0.29, 0.717) is 11.4 Å². The second-order valence-electron chi connectivity index (χ2n) is 6.06. The first kappa shape index (κ1) is 18.5. The maximum atomic E-state index is 12.7. The second kappa shape index (κ2) is 7.95. The minimum Gasteiger partial charge on any atom is -0.496 e. The van der Waals surface area contributed by atoms with Gasteiger partial charge in [-0.15, -0.1) is 0 Å². The van der Waals surface area contributed by atoms with Crippen molar-refractivity contribution in [1.82, 2.24) is 5.32 Å². The summed E-state index contributed by atoms with van der Waals surface area (Å²) in [7, 11) is 1.59. The number of nitrogens with zero attached hydrogens (tertiary/aromatic N) is 2. The van der Waals surface area contributed by atoms with Gasteiger partial charge in [-0.25, -0.2) is 9.69 Å². The molecule has 3 amide bonds. The minimum atomic E-state index is -0.462. The van der Waals surface area contributed by atoms with Crippen LogP contribution in [-0.2, 0) is 4.79 Å². The van der Waals surface area contributed by atoms with E-state index in [1.165, 1.54) is 0 Å². The van der Waals surface area contributed by atoms with E-state index in [1.807, 2.05) is 24.3 Å². The van der Waals surface area contributed by atoms with Gasteiger partial charge in [0, 0.05) is 30.4 Å². The molecule has 1 saturated heterocycles. The highest BCUT2D eigenvalue weighted by Gasteiger charge is 2.34. The van der Waals surface area contributed by atoms with Crippen LogP contribution in [0.2, 0.25) is 0 Å². The fraction of sp³-hybridized carbons (Fsp3) is 0.238. The van der Waals surface area contributed by atoms with Crippen molar-refractivity contribution >= 4 is 29.4 Å². The molecular formula is C21H23N3O3. The molecule has 0 aromatic heterocycles. The Morgan fingerprint density at radius 1 is 1.07 bits per heavy atom. The number of carbonyl (C=O) groups is 2. The first-order valence-corrected chi connectivity index (χ1v) is 8.94. The van der Waals surface area contributed by atoms with Crippen LogP contribution in [0.5, 0.6) is 5.75 Å². The third-order valence-electron chi connectivity index (χ3n) is 4.54. The van der Waals surface area contributed by atoms with Crippen LogP contribution in [0, 0.1) is 0 Å². The molecule has 27 heavy (non-hydrogen) atoms. The van der Waals surface area contributed by atoms with E-state index in [-0.39, 0.29) is 11.6 Å². The molecule has 2 aromatic carbocycles. The predicted molar refractivity (Wildman–Crippen MR) is 107 cm³/mol. The predicted octanol–water partition coefficient (Wildman–Crippen LogP) is 3.64. The molecule has 0 aliphatic carbocycles. The van der Waals surface area contributed by atoms with Gasteiger partial charge >= 0.3 is 6.03 Å². The third kappa shape index (κ3) is 3.65. The highest BCUT2D eigenvalue weighted by atomic mass is 16.5. The average molecular weight is 365 g/mol. The summed E-state index contributed by atoms with van der Waals surface area (Å²) in [6.45, 7) is 5.97. The molecule has 1 fully saturated rings. The lowest BCUT2D eigenvalue weighted by Gasteiger charge is -2.22. The number of rotatable bonds is 6. The molecule has 0 bridgehead atoms. The summed E-state index contributed by atoms with van der Waals surface area (Å²) in [4.78, 5) is 28.3. The molecular weight excluding hydrogens is 342 g/mol. The zero-order chi connectivity index (χ0) is 19.4. The molecule has 0 atom stereocenters.